The highest BCUT2D eigenvalue weighted by Crippen LogP contribution is 2.39. The van der Waals surface area contributed by atoms with Gasteiger partial charge in [-0.05, 0) is 48.2 Å². The third-order valence-electron chi connectivity index (χ3n) is 5.97. The van der Waals surface area contributed by atoms with Crippen molar-refractivity contribution < 1.29 is 17.9 Å². The predicted octanol–water partition coefficient (Wildman–Crippen LogP) is 2.85. The van der Waals surface area contributed by atoms with Crippen LogP contribution in [-0.2, 0) is 20.4 Å². The number of nitrogens with two attached hydrogens (primary N) is 1. The molecule has 1 aliphatic rings. The van der Waals surface area contributed by atoms with Crippen LogP contribution in [0, 0.1) is 0 Å². The molecule has 3 aromatic carbocycles. The molecule has 0 aliphatic carbocycles. The Hall–Kier alpha value is -3.69. The standard InChI is InChI=1S/C26H28N4O4S/c1-34-22-14-16-23(17-15-22)35(32,33)28-18-8-9-19-30-24(31)26(29-25(30)27,20-10-4-2-5-11-20)21-12-6-3-7-13-21/h2-7,10-17,28H,8-9,18-19H2,1H3,(H2,27,29). The van der Waals surface area contributed by atoms with E-state index in [2.05, 4.69) is 9.71 Å². The minimum atomic E-state index is -3.63. The molecular weight excluding hydrogens is 464 g/mol. The number of methoxy groups -OCH3 is 1. The highest BCUT2D eigenvalue weighted by atomic mass is 32.2. The lowest BCUT2D eigenvalue weighted by molar-refractivity contribution is -0.130. The van der Waals surface area contributed by atoms with Crippen LogP contribution >= 0.6 is 0 Å². The summed E-state index contributed by atoms with van der Waals surface area (Å²) >= 11 is 0. The van der Waals surface area contributed by atoms with Crippen molar-refractivity contribution in [3.63, 3.8) is 0 Å². The molecule has 182 valence electrons. The molecule has 1 amide bonds. The van der Waals surface area contributed by atoms with Crippen molar-refractivity contribution in [2.45, 2.75) is 23.3 Å². The van der Waals surface area contributed by atoms with Gasteiger partial charge in [0.2, 0.25) is 10.0 Å². The Morgan fingerprint density at radius 3 is 2.03 bits per heavy atom. The summed E-state index contributed by atoms with van der Waals surface area (Å²) in [7, 11) is -2.11. The lowest BCUT2D eigenvalue weighted by Gasteiger charge is -2.27. The lowest BCUT2D eigenvalue weighted by Crippen LogP contribution is -2.44. The van der Waals surface area contributed by atoms with Crippen LogP contribution in [0.3, 0.4) is 0 Å². The molecule has 8 nitrogen and oxygen atoms in total. The number of hydrogen-bond acceptors (Lipinski definition) is 6. The number of sulfonamides is 1. The number of hydrogen-bond donors (Lipinski definition) is 2. The Morgan fingerprint density at radius 1 is 0.914 bits per heavy atom. The van der Waals surface area contributed by atoms with Crippen molar-refractivity contribution in [2.24, 2.45) is 10.7 Å². The second kappa shape index (κ2) is 10.3. The first-order valence-corrected chi connectivity index (χ1v) is 12.8. The number of rotatable bonds is 10. The van der Waals surface area contributed by atoms with E-state index in [0.717, 1.165) is 11.1 Å². The van der Waals surface area contributed by atoms with Gasteiger partial charge in [0.15, 0.2) is 11.5 Å². The number of unbranched alkanes of at least 4 members (excludes halogenated alkanes) is 1. The van der Waals surface area contributed by atoms with Gasteiger partial charge in [-0.3, -0.25) is 9.69 Å². The van der Waals surface area contributed by atoms with Gasteiger partial charge in [-0.2, -0.15) is 0 Å². The van der Waals surface area contributed by atoms with Crippen LogP contribution in [0.15, 0.2) is 94.8 Å². The van der Waals surface area contributed by atoms with Crippen LogP contribution in [0.1, 0.15) is 24.0 Å². The van der Waals surface area contributed by atoms with Gasteiger partial charge in [0.05, 0.1) is 12.0 Å². The molecule has 1 heterocycles. The molecule has 4 rings (SSSR count). The van der Waals surface area contributed by atoms with Crippen molar-refractivity contribution in [2.75, 3.05) is 20.2 Å². The number of aliphatic imine (C=N–C) groups is 1. The molecule has 0 radical (unpaired) electrons. The van der Waals surface area contributed by atoms with E-state index in [4.69, 9.17) is 10.5 Å². The summed E-state index contributed by atoms with van der Waals surface area (Å²) in [6.07, 6.45) is 1.07. The number of nitrogens with zero attached hydrogens (tertiary/aromatic N) is 2. The van der Waals surface area contributed by atoms with E-state index >= 15 is 0 Å². The topological polar surface area (TPSA) is 114 Å². The van der Waals surface area contributed by atoms with E-state index in [1.165, 1.54) is 24.1 Å². The number of carbonyl (C=O) groups is 1. The first-order chi connectivity index (χ1) is 16.9. The third-order valence-corrected chi connectivity index (χ3v) is 7.44. The smallest absolute Gasteiger partial charge is 0.266 e. The molecule has 0 saturated heterocycles. The molecule has 1 aliphatic heterocycles. The van der Waals surface area contributed by atoms with Crippen molar-refractivity contribution in [1.29, 1.82) is 0 Å². The second-order valence-electron chi connectivity index (χ2n) is 8.15. The van der Waals surface area contributed by atoms with Crippen LogP contribution in [0.25, 0.3) is 0 Å². The first kappa shape index (κ1) is 24.4. The Bertz CT molecular complexity index is 1250. The fraction of sp³-hybridized carbons (Fsp3) is 0.231. The summed E-state index contributed by atoms with van der Waals surface area (Å²) in [5, 5.41) is 0. The van der Waals surface area contributed by atoms with Crippen LogP contribution in [0.4, 0.5) is 0 Å². The lowest BCUT2D eigenvalue weighted by atomic mass is 9.83. The number of benzene rings is 3. The summed E-state index contributed by atoms with van der Waals surface area (Å²) in [6, 6.07) is 24.9. The van der Waals surface area contributed by atoms with Crippen molar-refractivity contribution in [3.8, 4) is 5.75 Å². The summed E-state index contributed by atoms with van der Waals surface area (Å²) in [6.45, 7) is 0.565. The zero-order valence-electron chi connectivity index (χ0n) is 19.4. The number of carbonyl (C=O) groups excluding carboxylic acids is 1. The maximum absolute atomic E-state index is 13.7. The van der Waals surface area contributed by atoms with Gasteiger partial charge >= 0.3 is 0 Å². The Morgan fingerprint density at radius 2 is 1.49 bits per heavy atom. The van der Waals surface area contributed by atoms with Gasteiger partial charge in [0.1, 0.15) is 5.75 Å². The van der Waals surface area contributed by atoms with Gasteiger partial charge in [0.25, 0.3) is 5.91 Å². The van der Waals surface area contributed by atoms with Crippen LogP contribution in [-0.4, -0.2) is 45.4 Å². The molecule has 0 fully saturated rings. The molecule has 0 aromatic heterocycles. The average Bonchev–Trinajstić information content (AvgIpc) is 3.15. The summed E-state index contributed by atoms with van der Waals surface area (Å²) in [4.78, 5) is 20.0. The van der Waals surface area contributed by atoms with E-state index in [1.54, 1.807) is 12.1 Å². The SMILES string of the molecule is COc1ccc(S(=O)(=O)NCCCCN2C(=O)C(c3ccccc3)(c3ccccc3)N=C2N)cc1. The zero-order valence-corrected chi connectivity index (χ0v) is 20.2. The molecule has 3 aromatic rings. The largest absolute Gasteiger partial charge is 0.497 e. The highest BCUT2D eigenvalue weighted by Gasteiger charge is 2.50. The summed E-state index contributed by atoms with van der Waals surface area (Å²) in [5.74, 6) is 0.522. The molecule has 35 heavy (non-hydrogen) atoms. The molecule has 0 unspecified atom stereocenters. The van der Waals surface area contributed by atoms with Crippen molar-refractivity contribution in [1.82, 2.24) is 9.62 Å². The molecule has 0 bridgehead atoms. The number of ether oxygens (including phenoxy) is 1. The minimum absolute atomic E-state index is 0.154. The van der Waals surface area contributed by atoms with E-state index in [0.29, 0.717) is 25.1 Å². The van der Waals surface area contributed by atoms with Gasteiger partial charge in [0, 0.05) is 13.1 Å². The molecule has 0 spiro atoms. The zero-order chi connectivity index (χ0) is 24.9. The second-order valence-corrected chi connectivity index (χ2v) is 9.92. The third kappa shape index (κ3) is 4.91. The van der Waals surface area contributed by atoms with Gasteiger partial charge < -0.3 is 10.5 Å². The van der Waals surface area contributed by atoms with Gasteiger partial charge in [-0.25, -0.2) is 18.1 Å². The Labute approximate surface area is 205 Å². The Balaban J connectivity index is 1.41. The highest BCUT2D eigenvalue weighted by molar-refractivity contribution is 7.89. The van der Waals surface area contributed by atoms with Crippen LogP contribution in [0.5, 0.6) is 5.75 Å². The summed E-state index contributed by atoms with van der Waals surface area (Å²) in [5.41, 5.74) is 6.49. The van der Waals surface area contributed by atoms with Gasteiger partial charge in [-0.15, -0.1) is 0 Å². The molecule has 0 saturated carbocycles. The van der Waals surface area contributed by atoms with E-state index in [-0.39, 0.29) is 23.3 Å². The molecule has 3 N–H and O–H groups in total. The molecule has 9 heteroatoms. The average molecular weight is 493 g/mol. The van der Waals surface area contributed by atoms with E-state index < -0.39 is 15.6 Å². The molecule has 0 atom stereocenters. The fourth-order valence-corrected chi connectivity index (χ4v) is 5.21. The molecular formula is C26H28N4O4S. The number of amides is 1. The van der Waals surface area contributed by atoms with Crippen molar-refractivity contribution >= 4 is 21.9 Å². The normalized spacial score (nSPS) is 15.2. The van der Waals surface area contributed by atoms with Gasteiger partial charge in [-0.1, -0.05) is 60.7 Å². The van der Waals surface area contributed by atoms with Crippen molar-refractivity contribution in [3.05, 3.63) is 96.1 Å². The number of guanidine groups is 1. The van der Waals surface area contributed by atoms with Crippen LogP contribution in [0.2, 0.25) is 0 Å². The minimum Gasteiger partial charge on any atom is -0.497 e. The quantitative estimate of drug-likeness (QED) is 0.423. The predicted molar refractivity (Wildman–Crippen MR) is 134 cm³/mol. The van der Waals surface area contributed by atoms with E-state index in [9.17, 15) is 13.2 Å². The monoisotopic (exact) mass is 492 g/mol. The maximum atomic E-state index is 13.7. The fourth-order valence-electron chi connectivity index (χ4n) is 4.14. The maximum Gasteiger partial charge on any atom is 0.266 e. The van der Waals surface area contributed by atoms with E-state index in [1.807, 2.05) is 60.7 Å². The summed E-state index contributed by atoms with van der Waals surface area (Å²) < 4.78 is 32.7. The number of nitrogens with one attached hydrogen (secondary N) is 1. The Kier molecular flexibility index (Phi) is 7.18. The van der Waals surface area contributed by atoms with Crippen LogP contribution < -0.4 is 15.2 Å². The first-order valence-electron chi connectivity index (χ1n) is 11.3.